The molecule has 1 fully saturated rings. The Balaban J connectivity index is 2.10. The van der Waals surface area contributed by atoms with Gasteiger partial charge in [0.05, 0.1) is 0 Å². The molecule has 0 radical (unpaired) electrons. The standard InChI is InChI=1S/C17H28N2/c1-4-16-12-18-17(5-2,6-3)14-19(16)13-15-10-8-7-9-11-15/h7-11,16,18H,4-6,12-14H2,1-3H3. The van der Waals surface area contributed by atoms with Crippen molar-refractivity contribution in [1.29, 1.82) is 0 Å². The summed E-state index contributed by atoms with van der Waals surface area (Å²) in [6, 6.07) is 11.5. The first kappa shape index (κ1) is 14.5. The van der Waals surface area contributed by atoms with Gasteiger partial charge in [0.1, 0.15) is 0 Å². The number of nitrogens with one attached hydrogen (secondary N) is 1. The first-order chi connectivity index (χ1) is 9.23. The molecule has 0 bridgehead atoms. The zero-order chi connectivity index (χ0) is 13.7. The van der Waals surface area contributed by atoms with Gasteiger partial charge in [0.2, 0.25) is 0 Å². The molecule has 106 valence electrons. The fourth-order valence-corrected chi connectivity index (χ4v) is 3.17. The minimum absolute atomic E-state index is 0.320. The van der Waals surface area contributed by atoms with Crippen molar-refractivity contribution in [2.75, 3.05) is 13.1 Å². The van der Waals surface area contributed by atoms with Crippen LogP contribution >= 0.6 is 0 Å². The Bertz CT molecular complexity index is 370. The van der Waals surface area contributed by atoms with Gasteiger partial charge in [0.15, 0.2) is 0 Å². The summed E-state index contributed by atoms with van der Waals surface area (Å²) in [5.74, 6) is 0. The van der Waals surface area contributed by atoms with Gasteiger partial charge in [-0.3, -0.25) is 4.90 Å². The molecule has 1 heterocycles. The number of rotatable bonds is 5. The van der Waals surface area contributed by atoms with Crippen LogP contribution in [-0.2, 0) is 6.54 Å². The van der Waals surface area contributed by atoms with Gasteiger partial charge in [-0.2, -0.15) is 0 Å². The largest absolute Gasteiger partial charge is 0.308 e. The van der Waals surface area contributed by atoms with Crippen molar-refractivity contribution in [1.82, 2.24) is 10.2 Å². The van der Waals surface area contributed by atoms with E-state index in [1.807, 2.05) is 0 Å². The third-order valence-corrected chi connectivity index (χ3v) is 4.79. The average molecular weight is 260 g/mol. The molecular weight excluding hydrogens is 232 g/mol. The van der Waals surface area contributed by atoms with Crippen LogP contribution in [0, 0.1) is 0 Å². The minimum atomic E-state index is 0.320. The zero-order valence-electron chi connectivity index (χ0n) is 12.7. The molecule has 1 atom stereocenters. The van der Waals surface area contributed by atoms with Crippen LogP contribution < -0.4 is 5.32 Å². The molecule has 1 N–H and O–H groups in total. The number of hydrogen-bond donors (Lipinski definition) is 1. The Labute approximate surface area is 118 Å². The van der Waals surface area contributed by atoms with Crippen LogP contribution in [-0.4, -0.2) is 29.6 Å². The highest BCUT2D eigenvalue weighted by atomic mass is 15.2. The van der Waals surface area contributed by atoms with Crippen LogP contribution in [0.1, 0.15) is 45.6 Å². The number of nitrogens with zero attached hydrogens (tertiary/aromatic N) is 1. The van der Waals surface area contributed by atoms with Crippen molar-refractivity contribution in [3.8, 4) is 0 Å². The number of hydrogen-bond acceptors (Lipinski definition) is 2. The molecule has 1 unspecified atom stereocenters. The Morgan fingerprint density at radius 3 is 2.42 bits per heavy atom. The van der Waals surface area contributed by atoms with Crippen LogP contribution in [0.15, 0.2) is 30.3 Å². The topological polar surface area (TPSA) is 15.3 Å². The predicted molar refractivity (Wildman–Crippen MR) is 82.2 cm³/mol. The summed E-state index contributed by atoms with van der Waals surface area (Å²) in [4.78, 5) is 2.68. The van der Waals surface area contributed by atoms with E-state index in [1.165, 1.54) is 31.4 Å². The normalized spacial score (nSPS) is 23.4. The summed E-state index contributed by atoms with van der Waals surface area (Å²) in [5.41, 5.74) is 1.75. The van der Waals surface area contributed by atoms with Crippen molar-refractivity contribution in [2.24, 2.45) is 0 Å². The van der Waals surface area contributed by atoms with Crippen molar-refractivity contribution >= 4 is 0 Å². The second kappa shape index (κ2) is 6.53. The molecule has 19 heavy (non-hydrogen) atoms. The summed E-state index contributed by atoms with van der Waals surface area (Å²) in [6.45, 7) is 10.3. The van der Waals surface area contributed by atoms with Crippen molar-refractivity contribution in [3.63, 3.8) is 0 Å². The molecule has 2 heteroatoms. The third-order valence-electron chi connectivity index (χ3n) is 4.79. The highest BCUT2D eigenvalue weighted by Crippen LogP contribution is 2.25. The van der Waals surface area contributed by atoms with Crippen LogP contribution in [0.2, 0.25) is 0 Å². The summed E-state index contributed by atoms with van der Waals surface area (Å²) >= 11 is 0. The van der Waals surface area contributed by atoms with Crippen LogP contribution in [0.25, 0.3) is 0 Å². The lowest BCUT2D eigenvalue weighted by Gasteiger charge is -2.47. The molecule has 0 aromatic heterocycles. The van der Waals surface area contributed by atoms with Crippen LogP contribution in [0.4, 0.5) is 0 Å². The molecule has 2 nitrogen and oxygen atoms in total. The summed E-state index contributed by atoms with van der Waals surface area (Å²) < 4.78 is 0. The first-order valence-electron chi connectivity index (χ1n) is 7.76. The minimum Gasteiger partial charge on any atom is -0.308 e. The Morgan fingerprint density at radius 2 is 1.84 bits per heavy atom. The lowest BCUT2D eigenvalue weighted by molar-refractivity contribution is 0.0643. The molecule has 0 aliphatic carbocycles. The molecule has 2 rings (SSSR count). The third kappa shape index (κ3) is 3.37. The summed E-state index contributed by atoms with van der Waals surface area (Å²) in [5, 5.41) is 3.81. The average Bonchev–Trinajstić information content (AvgIpc) is 2.48. The van der Waals surface area contributed by atoms with E-state index in [-0.39, 0.29) is 0 Å². The zero-order valence-corrected chi connectivity index (χ0v) is 12.7. The quantitative estimate of drug-likeness (QED) is 0.872. The smallest absolute Gasteiger partial charge is 0.0304 e. The lowest BCUT2D eigenvalue weighted by atomic mass is 9.88. The molecular formula is C17H28N2. The SMILES string of the molecule is CCC1CNC(CC)(CC)CN1Cc1ccccc1. The van der Waals surface area contributed by atoms with E-state index in [0.717, 1.165) is 13.1 Å². The van der Waals surface area contributed by atoms with E-state index in [2.05, 4.69) is 61.3 Å². The van der Waals surface area contributed by atoms with Crippen LogP contribution in [0.3, 0.4) is 0 Å². The molecule has 1 aromatic rings. The number of benzene rings is 1. The van der Waals surface area contributed by atoms with Crippen molar-refractivity contribution in [3.05, 3.63) is 35.9 Å². The Hall–Kier alpha value is -0.860. The molecule has 0 saturated carbocycles. The fraction of sp³-hybridized carbons (Fsp3) is 0.647. The van der Waals surface area contributed by atoms with Gasteiger partial charge in [-0.1, -0.05) is 51.1 Å². The fourth-order valence-electron chi connectivity index (χ4n) is 3.17. The van der Waals surface area contributed by atoms with Gasteiger partial charge in [-0.15, -0.1) is 0 Å². The molecule has 1 aromatic carbocycles. The van der Waals surface area contributed by atoms with E-state index in [1.54, 1.807) is 0 Å². The molecule has 1 aliphatic rings. The maximum Gasteiger partial charge on any atom is 0.0304 e. The summed E-state index contributed by atoms with van der Waals surface area (Å²) in [7, 11) is 0. The number of piperazine rings is 1. The Morgan fingerprint density at radius 1 is 1.16 bits per heavy atom. The highest BCUT2D eigenvalue weighted by molar-refractivity contribution is 5.15. The first-order valence-corrected chi connectivity index (χ1v) is 7.76. The molecule has 1 aliphatic heterocycles. The molecule has 0 spiro atoms. The van der Waals surface area contributed by atoms with E-state index in [0.29, 0.717) is 11.6 Å². The van der Waals surface area contributed by atoms with E-state index in [4.69, 9.17) is 0 Å². The second-order valence-corrected chi connectivity index (χ2v) is 5.82. The Kier molecular flexibility index (Phi) is 5.00. The van der Waals surface area contributed by atoms with Gasteiger partial charge >= 0.3 is 0 Å². The van der Waals surface area contributed by atoms with E-state index < -0.39 is 0 Å². The lowest BCUT2D eigenvalue weighted by Crippen LogP contribution is -2.63. The van der Waals surface area contributed by atoms with Gasteiger partial charge in [-0.25, -0.2) is 0 Å². The van der Waals surface area contributed by atoms with Crippen molar-refractivity contribution in [2.45, 2.75) is 58.2 Å². The monoisotopic (exact) mass is 260 g/mol. The van der Waals surface area contributed by atoms with Crippen molar-refractivity contribution < 1.29 is 0 Å². The predicted octanol–water partition coefficient (Wildman–Crippen LogP) is 3.43. The summed E-state index contributed by atoms with van der Waals surface area (Å²) in [6.07, 6.45) is 3.65. The molecule has 0 amide bonds. The van der Waals surface area contributed by atoms with Gasteiger partial charge in [0.25, 0.3) is 0 Å². The molecule has 1 saturated heterocycles. The van der Waals surface area contributed by atoms with E-state index >= 15 is 0 Å². The second-order valence-electron chi connectivity index (χ2n) is 5.82. The van der Waals surface area contributed by atoms with Crippen LogP contribution in [0.5, 0.6) is 0 Å². The maximum atomic E-state index is 3.81. The van der Waals surface area contributed by atoms with Gasteiger partial charge in [0, 0.05) is 31.2 Å². The van der Waals surface area contributed by atoms with E-state index in [9.17, 15) is 0 Å². The highest BCUT2D eigenvalue weighted by Gasteiger charge is 2.35. The maximum absolute atomic E-state index is 3.81. The van der Waals surface area contributed by atoms with Gasteiger partial charge in [-0.05, 0) is 24.8 Å². The van der Waals surface area contributed by atoms with Gasteiger partial charge < -0.3 is 5.32 Å².